The molecular weight excluding hydrogens is 430 g/mol. The van der Waals surface area contributed by atoms with Gasteiger partial charge >= 0.3 is 5.69 Å². The van der Waals surface area contributed by atoms with E-state index >= 15 is 0 Å². The molecule has 0 aliphatic rings. The van der Waals surface area contributed by atoms with E-state index < -0.39 is 0 Å². The molecule has 0 fully saturated rings. The predicted octanol–water partition coefficient (Wildman–Crippen LogP) is 4.29. The molecule has 0 aliphatic carbocycles. The molecule has 1 atom stereocenters. The van der Waals surface area contributed by atoms with Gasteiger partial charge in [0.05, 0.1) is 17.5 Å². The Kier molecular flexibility index (Phi) is 7.75. The van der Waals surface area contributed by atoms with E-state index in [0.29, 0.717) is 47.7 Å². The van der Waals surface area contributed by atoms with Crippen molar-refractivity contribution in [2.24, 2.45) is 5.92 Å². The third-order valence-corrected chi connectivity index (χ3v) is 5.62. The number of carbonyl (C=O) groups excluding carboxylic acids is 1. The summed E-state index contributed by atoms with van der Waals surface area (Å²) in [5, 5.41) is 3.93. The van der Waals surface area contributed by atoms with Gasteiger partial charge in [-0.1, -0.05) is 18.5 Å². The van der Waals surface area contributed by atoms with Gasteiger partial charge in [0.25, 0.3) is 5.56 Å². The highest BCUT2D eigenvalue weighted by atomic mass is 35.5. The van der Waals surface area contributed by atoms with Crippen LogP contribution in [0.5, 0.6) is 5.75 Å². The molecule has 1 heterocycles. The second kappa shape index (κ2) is 10.5. The molecule has 1 unspecified atom stereocenters. The average Bonchev–Trinajstić information content (AvgIpc) is 2.76. The Hall–Kier alpha value is -3.06. The van der Waals surface area contributed by atoms with Crippen molar-refractivity contribution < 1.29 is 9.53 Å². The summed E-state index contributed by atoms with van der Waals surface area (Å²) in [4.78, 5) is 37.7. The molecule has 0 bridgehead atoms. The van der Waals surface area contributed by atoms with Crippen molar-refractivity contribution in [3.8, 4) is 5.75 Å². The monoisotopic (exact) mass is 457 g/mol. The van der Waals surface area contributed by atoms with Gasteiger partial charge in [0.2, 0.25) is 5.91 Å². The minimum absolute atomic E-state index is 0.116. The Balaban J connectivity index is 1.64. The van der Waals surface area contributed by atoms with Crippen LogP contribution in [0.3, 0.4) is 0 Å². The Morgan fingerprint density at radius 3 is 2.41 bits per heavy atom. The molecule has 1 amide bonds. The van der Waals surface area contributed by atoms with Crippen LogP contribution in [0.4, 0.5) is 5.69 Å². The van der Waals surface area contributed by atoms with Crippen LogP contribution in [0, 0.1) is 5.92 Å². The van der Waals surface area contributed by atoms with E-state index in [1.807, 2.05) is 26.0 Å². The fraction of sp³-hybridized carbons (Fsp3) is 0.375. The number of benzene rings is 2. The summed E-state index contributed by atoms with van der Waals surface area (Å²) < 4.78 is 8.46. The lowest BCUT2D eigenvalue weighted by molar-refractivity contribution is -0.117. The van der Waals surface area contributed by atoms with Gasteiger partial charge in [0.15, 0.2) is 0 Å². The molecular formula is C24H28ClN3O4. The second-order valence-corrected chi connectivity index (χ2v) is 8.19. The number of hydrogen-bond acceptors (Lipinski definition) is 4. The van der Waals surface area contributed by atoms with Gasteiger partial charge in [-0.15, -0.1) is 0 Å². The van der Waals surface area contributed by atoms with Crippen molar-refractivity contribution in [2.45, 2.75) is 46.7 Å². The summed E-state index contributed by atoms with van der Waals surface area (Å²) >= 11 is 5.86. The van der Waals surface area contributed by atoms with Crippen LogP contribution in [0.2, 0.25) is 5.02 Å². The van der Waals surface area contributed by atoms with Crippen LogP contribution in [-0.4, -0.2) is 21.6 Å². The molecule has 2 aromatic carbocycles. The molecule has 8 heteroatoms. The van der Waals surface area contributed by atoms with Crippen LogP contribution < -0.4 is 21.3 Å². The summed E-state index contributed by atoms with van der Waals surface area (Å²) in [6, 6.07) is 12.2. The van der Waals surface area contributed by atoms with E-state index in [1.165, 1.54) is 4.57 Å². The normalized spacial score (nSPS) is 12.0. The Morgan fingerprint density at radius 1 is 1.06 bits per heavy atom. The smallest absolute Gasteiger partial charge is 0.331 e. The van der Waals surface area contributed by atoms with E-state index in [4.69, 9.17) is 16.3 Å². The second-order valence-electron chi connectivity index (χ2n) is 7.76. The van der Waals surface area contributed by atoms with Gasteiger partial charge < -0.3 is 10.1 Å². The van der Waals surface area contributed by atoms with Crippen molar-refractivity contribution in [2.75, 3.05) is 11.9 Å². The predicted molar refractivity (Wildman–Crippen MR) is 128 cm³/mol. The van der Waals surface area contributed by atoms with E-state index in [-0.39, 0.29) is 23.1 Å². The first-order valence-corrected chi connectivity index (χ1v) is 11.2. The zero-order valence-electron chi connectivity index (χ0n) is 18.6. The number of nitrogens with one attached hydrogen (secondary N) is 1. The maximum Gasteiger partial charge on any atom is 0.331 e. The molecule has 1 aromatic heterocycles. The first-order chi connectivity index (χ1) is 15.3. The molecule has 0 saturated carbocycles. The number of amides is 1. The van der Waals surface area contributed by atoms with Crippen molar-refractivity contribution >= 4 is 34.1 Å². The maximum atomic E-state index is 12.7. The SMILES string of the molecule is CCn1c(=O)c2cc(NC(=O)CC(C)CCOc3ccc(Cl)cc3)ccc2n(CC)c1=O. The van der Waals surface area contributed by atoms with Gasteiger partial charge in [0.1, 0.15) is 5.75 Å². The highest BCUT2D eigenvalue weighted by Gasteiger charge is 2.14. The average molecular weight is 458 g/mol. The molecule has 7 nitrogen and oxygen atoms in total. The largest absolute Gasteiger partial charge is 0.494 e. The summed E-state index contributed by atoms with van der Waals surface area (Å²) in [5.74, 6) is 0.721. The van der Waals surface area contributed by atoms with Gasteiger partial charge in [-0.2, -0.15) is 0 Å². The highest BCUT2D eigenvalue weighted by molar-refractivity contribution is 6.30. The number of aromatic nitrogens is 2. The van der Waals surface area contributed by atoms with E-state index in [1.54, 1.807) is 41.8 Å². The van der Waals surface area contributed by atoms with Gasteiger partial charge in [-0.3, -0.25) is 18.7 Å². The number of ether oxygens (including phenoxy) is 1. The maximum absolute atomic E-state index is 12.7. The molecule has 3 aromatic rings. The lowest BCUT2D eigenvalue weighted by Gasteiger charge is -2.14. The van der Waals surface area contributed by atoms with Crippen LogP contribution in [0.15, 0.2) is 52.1 Å². The lowest BCUT2D eigenvalue weighted by atomic mass is 10.0. The number of carbonyl (C=O) groups is 1. The lowest BCUT2D eigenvalue weighted by Crippen LogP contribution is -2.39. The minimum atomic E-state index is -0.346. The molecule has 0 radical (unpaired) electrons. The third kappa shape index (κ3) is 5.40. The number of anilines is 1. The van der Waals surface area contributed by atoms with Gasteiger partial charge in [0, 0.05) is 30.2 Å². The van der Waals surface area contributed by atoms with Crippen molar-refractivity contribution in [3.05, 3.63) is 68.3 Å². The zero-order chi connectivity index (χ0) is 23.3. The fourth-order valence-corrected chi connectivity index (χ4v) is 3.75. The Morgan fingerprint density at radius 2 is 1.75 bits per heavy atom. The molecule has 0 saturated heterocycles. The van der Waals surface area contributed by atoms with E-state index in [9.17, 15) is 14.4 Å². The number of halogens is 1. The molecule has 170 valence electrons. The molecule has 1 N–H and O–H groups in total. The number of rotatable bonds is 9. The van der Waals surface area contributed by atoms with E-state index in [2.05, 4.69) is 5.32 Å². The van der Waals surface area contributed by atoms with Crippen molar-refractivity contribution in [3.63, 3.8) is 0 Å². The summed E-state index contributed by atoms with van der Waals surface area (Å²) in [7, 11) is 0. The standard InChI is InChI=1S/C24H28ClN3O4/c1-4-27-21-11-8-18(15-20(21)23(30)28(5-2)24(27)31)26-22(29)14-16(3)12-13-32-19-9-6-17(25)7-10-19/h6-11,15-16H,4-5,12-14H2,1-3H3,(H,26,29). The number of fused-ring (bicyclic) bond motifs is 1. The first kappa shape index (κ1) is 23.6. The van der Waals surface area contributed by atoms with Crippen LogP contribution in [0.25, 0.3) is 10.9 Å². The first-order valence-electron chi connectivity index (χ1n) is 10.8. The van der Waals surface area contributed by atoms with Crippen molar-refractivity contribution in [1.29, 1.82) is 0 Å². The van der Waals surface area contributed by atoms with Crippen LogP contribution in [-0.2, 0) is 17.9 Å². The molecule has 0 spiro atoms. The summed E-state index contributed by atoms with van der Waals surface area (Å²) in [6.07, 6.45) is 1.05. The minimum Gasteiger partial charge on any atom is -0.494 e. The highest BCUT2D eigenvalue weighted by Crippen LogP contribution is 2.19. The molecule has 0 aliphatic heterocycles. The summed E-state index contributed by atoms with van der Waals surface area (Å²) in [6.45, 7) is 6.86. The fourth-order valence-electron chi connectivity index (χ4n) is 3.63. The van der Waals surface area contributed by atoms with E-state index in [0.717, 1.165) is 12.2 Å². The number of nitrogens with zero attached hydrogens (tertiary/aromatic N) is 2. The molecule has 3 rings (SSSR count). The number of aryl methyl sites for hydroxylation is 1. The third-order valence-electron chi connectivity index (χ3n) is 5.37. The number of hydrogen-bond donors (Lipinski definition) is 1. The summed E-state index contributed by atoms with van der Waals surface area (Å²) in [5.41, 5.74) is 0.436. The molecule has 32 heavy (non-hydrogen) atoms. The quantitative estimate of drug-likeness (QED) is 0.519. The van der Waals surface area contributed by atoms with Crippen LogP contribution in [0.1, 0.15) is 33.6 Å². The van der Waals surface area contributed by atoms with Crippen LogP contribution >= 0.6 is 11.6 Å². The Bertz CT molecular complexity index is 1210. The van der Waals surface area contributed by atoms with Gasteiger partial charge in [-0.25, -0.2) is 4.79 Å². The zero-order valence-corrected chi connectivity index (χ0v) is 19.3. The van der Waals surface area contributed by atoms with Gasteiger partial charge in [-0.05, 0) is 68.7 Å². The van der Waals surface area contributed by atoms with Crippen molar-refractivity contribution in [1.82, 2.24) is 9.13 Å². The Labute approximate surface area is 191 Å². The topological polar surface area (TPSA) is 82.3 Å².